The maximum atomic E-state index is 5.19. The van der Waals surface area contributed by atoms with Gasteiger partial charge in [-0.15, -0.1) is 24.8 Å². The van der Waals surface area contributed by atoms with E-state index in [1.54, 1.807) is 7.11 Å². The first-order chi connectivity index (χ1) is 4.84. The Morgan fingerprint density at radius 2 is 1.75 bits per heavy atom. The van der Waals surface area contributed by atoms with Crippen LogP contribution in [0.1, 0.15) is 6.92 Å². The SMILES string of the molecule is COC(C)N1CCNCC1.Cl.Cl. The van der Waals surface area contributed by atoms with Crippen LogP contribution in [0.5, 0.6) is 0 Å². The first-order valence-electron chi connectivity index (χ1n) is 3.82. The lowest BCUT2D eigenvalue weighted by Crippen LogP contribution is -2.47. The summed E-state index contributed by atoms with van der Waals surface area (Å²) >= 11 is 0. The average Bonchev–Trinajstić information content (AvgIpc) is 2.05. The lowest BCUT2D eigenvalue weighted by molar-refractivity contribution is -0.0243. The Morgan fingerprint density at radius 1 is 1.25 bits per heavy atom. The molecule has 12 heavy (non-hydrogen) atoms. The Bertz CT molecular complexity index is 99.4. The molecule has 0 aromatic carbocycles. The van der Waals surface area contributed by atoms with Crippen molar-refractivity contribution in [3.63, 3.8) is 0 Å². The molecule has 0 bridgehead atoms. The lowest BCUT2D eigenvalue weighted by atomic mass is 10.3. The van der Waals surface area contributed by atoms with E-state index in [9.17, 15) is 0 Å². The fourth-order valence-electron chi connectivity index (χ4n) is 1.19. The minimum atomic E-state index is 0. The van der Waals surface area contributed by atoms with Crippen LogP contribution in [0.25, 0.3) is 0 Å². The molecule has 1 fully saturated rings. The first kappa shape index (κ1) is 15.0. The highest BCUT2D eigenvalue weighted by molar-refractivity contribution is 5.85. The molecule has 1 saturated heterocycles. The molecule has 1 rings (SSSR count). The second-order valence-electron chi connectivity index (χ2n) is 2.62. The number of ether oxygens (including phenoxy) is 1. The van der Waals surface area contributed by atoms with Crippen LogP contribution in [0.3, 0.4) is 0 Å². The number of nitrogens with one attached hydrogen (secondary N) is 1. The number of nitrogens with zero attached hydrogens (tertiary/aromatic N) is 1. The quantitative estimate of drug-likeness (QED) is 0.737. The fraction of sp³-hybridized carbons (Fsp3) is 1.00. The molecule has 0 aromatic rings. The fourth-order valence-corrected chi connectivity index (χ4v) is 1.19. The molecule has 0 saturated carbocycles. The first-order valence-corrected chi connectivity index (χ1v) is 3.82. The zero-order valence-corrected chi connectivity index (χ0v) is 9.21. The van der Waals surface area contributed by atoms with E-state index in [-0.39, 0.29) is 31.0 Å². The summed E-state index contributed by atoms with van der Waals surface area (Å²) in [6, 6.07) is 0. The summed E-state index contributed by atoms with van der Waals surface area (Å²) in [6.45, 7) is 6.48. The van der Waals surface area contributed by atoms with Gasteiger partial charge in [0.25, 0.3) is 0 Å². The maximum absolute atomic E-state index is 5.19. The minimum absolute atomic E-state index is 0. The summed E-state index contributed by atoms with van der Waals surface area (Å²) in [7, 11) is 1.76. The zero-order valence-electron chi connectivity index (χ0n) is 7.58. The van der Waals surface area contributed by atoms with E-state index in [1.165, 1.54) is 0 Å². The van der Waals surface area contributed by atoms with Gasteiger partial charge in [0.05, 0.1) is 0 Å². The van der Waals surface area contributed by atoms with E-state index in [0.29, 0.717) is 0 Å². The Kier molecular flexibility index (Phi) is 10.1. The average molecular weight is 217 g/mol. The van der Waals surface area contributed by atoms with Crippen LogP contribution in [0.4, 0.5) is 0 Å². The second-order valence-corrected chi connectivity index (χ2v) is 2.62. The standard InChI is InChI=1S/C7H16N2O.2ClH/c1-7(10-2)9-5-3-8-4-6-9;;/h7-8H,3-6H2,1-2H3;2*1H. The van der Waals surface area contributed by atoms with Gasteiger partial charge in [0.15, 0.2) is 0 Å². The highest BCUT2D eigenvalue weighted by atomic mass is 35.5. The predicted molar refractivity (Wildman–Crippen MR) is 55.4 cm³/mol. The third-order valence-corrected chi connectivity index (χ3v) is 2.01. The van der Waals surface area contributed by atoms with Gasteiger partial charge in [-0.2, -0.15) is 0 Å². The molecule has 1 heterocycles. The predicted octanol–water partition coefficient (Wildman–Crippen LogP) is 0.728. The molecule has 0 amide bonds. The normalized spacial score (nSPS) is 20.5. The van der Waals surface area contributed by atoms with Crippen molar-refractivity contribution >= 4 is 24.8 Å². The number of rotatable bonds is 2. The van der Waals surface area contributed by atoms with Gasteiger partial charge in [0.2, 0.25) is 0 Å². The lowest BCUT2D eigenvalue weighted by Gasteiger charge is -2.31. The van der Waals surface area contributed by atoms with Crippen LogP contribution in [-0.4, -0.2) is 44.4 Å². The third-order valence-electron chi connectivity index (χ3n) is 2.01. The van der Waals surface area contributed by atoms with E-state index in [2.05, 4.69) is 17.1 Å². The molecule has 0 aliphatic carbocycles. The molecule has 5 heteroatoms. The van der Waals surface area contributed by atoms with Crippen molar-refractivity contribution in [3.05, 3.63) is 0 Å². The third kappa shape index (κ3) is 4.48. The molecule has 0 radical (unpaired) electrons. The summed E-state index contributed by atoms with van der Waals surface area (Å²) < 4.78 is 5.19. The summed E-state index contributed by atoms with van der Waals surface area (Å²) in [4.78, 5) is 2.33. The molecule has 1 atom stereocenters. The smallest absolute Gasteiger partial charge is 0.107 e. The number of methoxy groups -OCH3 is 1. The van der Waals surface area contributed by atoms with Crippen molar-refractivity contribution in [2.24, 2.45) is 0 Å². The molecule has 1 unspecified atom stereocenters. The topological polar surface area (TPSA) is 24.5 Å². The summed E-state index contributed by atoms with van der Waals surface area (Å²) in [5.74, 6) is 0. The van der Waals surface area contributed by atoms with Crippen molar-refractivity contribution in [2.75, 3.05) is 33.3 Å². The second kappa shape index (κ2) is 8.08. The van der Waals surface area contributed by atoms with Crippen LogP contribution in [0.15, 0.2) is 0 Å². The van der Waals surface area contributed by atoms with Gasteiger partial charge >= 0.3 is 0 Å². The molecule has 1 aliphatic heterocycles. The van der Waals surface area contributed by atoms with Crippen molar-refractivity contribution in [2.45, 2.75) is 13.2 Å². The Hall–Kier alpha value is 0.460. The van der Waals surface area contributed by atoms with Crippen LogP contribution < -0.4 is 5.32 Å². The van der Waals surface area contributed by atoms with Crippen LogP contribution in [0, 0.1) is 0 Å². The van der Waals surface area contributed by atoms with Gasteiger partial charge < -0.3 is 10.1 Å². The number of piperazine rings is 1. The molecule has 1 N–H and O–H groups in total. The van der Waals surface area contributed by atoms with Crippen LogP contribution in [0.2, 0.25) is 0 Å². The van der Waals surface area contributed by atoms with Gasteiger partial charge in [0, 0.05) is 33.3 Å². The molecule has 0 aromatic heterocycles. The van der Waals surface area contributed by atoms with E-state index >= 15 is 0 Å². The monoisotopic (exact) mass is 216 g/mol. The molecular weight excluding hydrogens is 199 g/mol. The molecular formula is C7H18Cl2N2O. The Labute approximate surface area is 86.7 Å². The van der Waals surface area contributed by atoms with E-state index in [1.807, 2.05) is 0 Å². The van der Waals surface area contributed by atoms with Crippen LogP contribution >= 0.6 is 24.8 Å². The van der Waals surface area contributed by atoms with Gasteiger partial charge in [-0.05, 0) is 6.92 Å². The number of hydrogen-bond acceptors (Lipinski definition) is 3. The van der Waals surface area contributed by atoms with Gasteiger partial charge in [0.1, 0.15) is 6.23 Å². The number of hydrogen-bond donors (Lipinski definition) is 1. The summed E-state index contributed by atoms with van der Waals surface area (Å²) in [5, 5.41) is 3.30. The van der Waals surface area contributed by atoms with Crippen molar-refractivity contribution in [1.29, 1.82) is 0 Å². The molecule has 0 spiro atoms. The highest BCUT2D eigenvalue weighted by Crippen LogP contribution is 1.99. The van der Waals surface area contributed by atoms with Gasteiger partial charge in [-0.1, -0.05) is 0 Å². The summed E-state index contributed by atoms with van der Waals surface area (Å²) in [5.41, 5.74) is 0. The molecule has 3 nitrogen and oxygen atoms in total. The van der Waals surface area contributed by atoms with Crippen molar-refractivity contribution in [1.82, 2.24) is 10.2 Å². The van der Waals surface area contributed by atoms with E-state index < -0.39 is 0 Å². The largest absolute Gasteiger partial charge is 0.367 e. The Balaban J connectivity index is 0. The van der Waals surface area contributed by atoms with E-state index in [4.69, 9.17) is 4.74 Å². The maximum Gasteiger partial charge on any atom is 0.107 e. The number of halogens is 2. The highest BCUT2D eigenvalue weighted by Gasteiger charge is 2.14. The van der Waals surface area contributed by atoms with Gasteiger partial charge in [-0.3, -0.25) is 4.90 Å². The van der Waals surface area contributed by atoms with Crippen molar-refractivity contribution < 1.29 is 4.74 Å². The van der Waals surface area contributed by atoms with Gasteiger partial charge in [-0.25, -0.2) is 0 Å². The van der Waals surface area contributed by atoms with Crippen LogP contribution in [-0.2, 0) is 4.74 Å². The molecule has 1 aliphatic rings. The summed E-state index contributed by atoms with van der Waals surface area (Å²) in [6.07, 6.45) is 0.280. The van der Waals surface area contributed by atoms with E-state index in [0.717, 1.165) is 26.2 Å². The molecule has 76 valence electrons. The van der Waals surface area contributed by atoms with Crippen molar-refractivity contribution in [3.8, 4) is 0 Å². The Morgan fingerprint density at radius 3 is 2.17 bits per heavy atom. The zero-order chi connectivity index (χ0) is 7.40. The minimum Gasteiger partial charge on any atom is -0.367 e.